The fourth-order valence-corrected chi connectivity index (χ4v) is 2.93. The van der Waals surface area contributed by atoms with Crippen LogP contribution in [0.3, 0.4) is 0 Å². The zero-order valence-electron chi connectivity index (χ0n) is 13.8. The number of nitrogens with two attached hydrogens (primary N) is 2. The normalized spacial score (nSPS) is 11.2. The molecule has 0 aromatic heterocycles. The van der Waals surface area contributed by atoms with Crippen LogP contribution in [-0.2, 0) is 20.2 Å². The molecule has 10 nitrogen and oxygen atoms in total. The van der Waals surface area contributed by atoms with Crippen LogP contribution in [0.2, 0.25) is 0 Å². The standard InChI is InChI=1S/2C7H9NO4S/c1-12-7-4-5(13(9,10)11)2-3-6(7)8;1-12-6-3-2-5(8)4-7(6)13(9,10)11/h2*2-4H,8H2,1H3,(H,9,10,11). The first-order chi connectivity index (χ1) is 11.9. The fraction of sp³-hybridized carbons (Fsp3) is 0.143. The van der Waals surface area contributed by atoms with Gasteiger partial charge < -0.3 is 20.9 Å². The van der Waals surface area contributed by atoms with Crippen LogP contribution < -0.4 is 20.9 Å². The maximum absolute atomic E-state index is 10.8. The van der Waals surface area contributed by atoms with Gasteiger partial charge in [-0.05, 0) is 30.3 Å². The highest BCUT2D eigenvalue weighted by Crippen LogP contribution is 2.25. The zero-order valence-corrected chi connectivity index (χ0v) is 15.4. The minimum absolute atomic E-state index is 0.0664. The summed E-state index contributed by atoms with van der Waals surface area (Å²) >= 11 is 0. The molecule has 6 N–H and O–H groups in total. The van der Waals surface area contributed by atoms with E-state index in [1.807, 2.05) is 0 Å². The van der Waals surface area contributed by atoms with Crippen molar-refractivity contribution in [2.75, 3.05) is 25.7 Å². The monoisotopic (exact) mass is 406 g/mol. The van der Waals surface area contributed by atoms with Crippen molar-refractivity contribution in [2.24, 2.45) is 0 Å². The molecule has 0 saturated heterocycles. The molecule has 0 heterocycles. The summed E-state index contributed by atoms with van der Waals surface area (Å²) in [5.74, 6) is 0.284. The maximum atomic E-state index is 10.8. The van der Waals surface area contributed by atoms with Crippen molar-refractivity contribution in [1.82, 2.24) is 0 Å². The third-order valence-corrected chi connectivity index (χ3v) is 4.69. The van der Waals surface area contributed by atoms with Crippen molar-refractivity contribution in [2.45, 2.75) is 9.79 Å². The van der Waals surface area contributed by atoms with Gasteiger partial charge in [0.15, 0.2) is 0 Å². The average Bonchev–Trinajstić information content (AvgIpc) is 2.54. The van der Waals surface area contributed by atoms with Gasteiger partial charge in [0.25, 0.3) is 20.2 Å². The van der Waals surface area contributed by atoms with Gasteiger partial charge in [-0.15, -0.1) is 0 Å². The van der Waals surface area contributed by atoms with Crippen LogP contribution in [0.25, 0.3) is 0 Å². The highest BCUT2D eigenvalue weighted by molar-refractivity contribution is 7.86. The lowest BCUT2D eigenvalue weighted by molar-refractivity contribution is 0.397. The van der Waals surface area contributed by atoms with E-state index in [9.17, 15) is 16.8 Å². The van der Waals surface area contributed by atoms with Gasteiger partial charge in [0.1, 0.15) is 16.4 Å². The van der Waals surface area contributed by atoms with Crippen LogP contribution in [0.5, 0.6) is 11.5 Å². The van der Waals surface area contributed by atoms with Crippen molar-refractivity contribution in [3.63, 3.8) is 0 Å². The minimum Gasteiger partial charge on any atom is -0.495 e. The van der Waals surface area contributed by atoms with E-state index in [1.165, 1.54) is 38.5 Å². The molecule has 2 aromatic carbocycles. The van der Waals surface area contributed by atoms with E-state index in [0.29, 0.717) is 5.69 Å². The Labute approximate surface area is 150 Å². The van der Waals surface area contributed by atoms with Crippen molar-refractivity contribution in [1.29, 1.82) is 0 Å². The number of benzene rings is 2. The molecule has 0 fully saturated rings. The molecule has 26 heavy (non-hydrogen) atoms. The summed E-state index contributed by atoms with van der Waals surface area (Å²) in [6, 6.07) is 7.69. The van der Waals surface area contributed by atoms with Crippen molar-refractivity contribution in [3.05, 3.63) is 36.4 Å². The van der Waals surface area contributed by atoms with Crippen molar-refractivity contribution < 1.29 is 35.4 Å². The summed E-state index contributed by atoms with van der Waals surface area (Å²) in [5.41, 5.74) is 11.3. The van der Waals surface area contributed by atoms with Crippen LogP contribution in [0.4, 0.5) is 11.4 Å². The molecule has 0 radical (unpaired) electrons. The molecule has 0 aliphatic heterocycles. The first-order valence-electron chi connectivity index (χ1n) is 6.72. The summed E-state index contributed by atoms with van der Waals surface area (Å²) in [5, 5.41) is 0. The van der Waals surface area contributed by atoms with Gasteiger partial charge in [-0.2, -0.15) is 16.8 Å². The number of anilines is 2. The number of methoxy groups -OCH3 is 2. The Morgan fingerprint density at radius 1 is 0.808 bits per heavy atom. The molecule has 12 heteroatoms. The summed E-state index contributed by atoms with van der Waals surface area (Å²) in [6.45, 7) is 0. The van der Waals surface area contributed by atoms with Crippen LogP contribution in [0, 0.1) is 0 Å². The molecule has 0 bridgehead atoms. The maximum Gasteiger partial charge on any atom is 0.298 e. The van der Waals surface area contributed by atoms with Crippen LogP contribution in [0.1, 0.15) is 0 Å². The van der Waals surface area contributed by atoms with Crippen LogP contribution in [-0.4, -0.2) is 40.2 Å². The highest BCUT2D eigenvalue weighted by Gasteiger charge is 2.16. The fourth-order valence-electron chi connectivity index (χ4n) is 1.75. The molecule has 0 saturated carbocycles. The molecule has 0 atom stereocenters. The second kappa shape index (κ2) is 8.23. The van der Waals surface area contributed by atoms with E-state index >= 15 is 0 Å². The number of hydrogen-bond donors (Lipinski definition) is 4. The van der Waals surface area contributed by atoms with E-state index in [4.69, 9.17) is 30.0 Å². The quantitative estimate of drug-likeness (QED) is 0.423. The average molecular weight is 406 g/mol. The third-order valence-electron chi connectivity index (χ3n) is 2.97. The van der Waals surface area contributed by atoms with Gasteiger partial charge in [-0.1, -0.05) is 0 Å². The second-order valence-corrected chi connectivity index (χ2v) is 7.58. The smallest absolute Gasteiger partial charge is 0.298 e. The third kappa shape index (κ3) is 5.77. The molecule has 2 aromatic rings. The zero-order chi connectivity index (χ0) is 20.1. The predicted molar refractivity (Wildman–Crippen MR) is 94.4 cm³/mol. The molecular weight excluding hydrogens is 388 g/mol. The van der Waals surface area contributed by atoms with E-state index in [-0.39, 0.29) is 27.0 Å². The van der Waals surface area contributed by atoms with Gasteiger partial charge in [0.05, 0.1) is 24.8 Å². The lowest BCUT2D eigenvalue weighted by Gasteiger charge is -2.05. The minimum atomic E-state index is -4.27. The second-order valence-electron chi connectivity index (χ2n) is 4.76. The Morgan fingerprint density at radius 3 is 1.85 bits per heavy atom. The largest absolute Gasteiger partial charge is 0.495 e. The molecule has 0 aliphatic rings. The Morgan fingerprint density at radius 2 is 1.38 bits per heavy atom. The van der Waals surface area contributed by atoms with Gasteiger partial charge in [-0.25, -0.2) is 0 Å². The van der Waals surface area contributed by atoms with Crippen LogP contribution >= 0.6 is 0 Å². The molecule has 0 aliphatic carbocycles. The molecule has 144 valence electrons. The molecule has 0 amide bonds. The first-order valence-corrected chi connectivity index (χ1v) is 9.60. The topological polar surface area (TPSA) is 179 Å². The van der Waals surface area contributed by atoms with Gasteiger partial charge in [-0.3, -0.25) is 9.11 Å². The molecule has 2 rings (SSSR count). The summed E-state index contributed by atoms with van der Waals surface area (Å²) in [7, 11) is -5.79. The number of hydrogen-bond acceptors (Lipinski definition) is 8. The van der Waals surface area contributed by atoms with Crippen LogP contribution in [0.15, 0.2) is 46.2 Å². The van der Waals surface area contributed by atoms with E-state index < -0.39 is 20.2 Å². The van der Waals surface area contributed by atoms with Gasteiger partial charge in [0, 0.05) is 11.8 Å². The van der Waals surface area contributed by atoms with Gasteiger partial charge >= 0.3 is 0 Å². The molecule has 0 unspecified atom stereocenters. The number of nitrogen functional groups attached to an aromatic ring is 2. The van der Waals surface area contributed by atoms with E-state index in [0.717, 1.165) is 12.1 Å². The Bertz CT molecular complexity index is 988. The number of ether oxygens (including phenoxy) is 2. The van der Waals surface area contributed by atoms with E-state index in [2.05, 4.69) is 0 Å². The molecular formula is C14H18N2O8S2. The molecule has 0 spiro atoms. The van der Waals surface area contributed by atoms with Gasteiger partial charge in [0.2, 0.25) is 0 Å². The summed E-state index contributed by atoms with van der Waals surface area (Å²) < 4.78 is 69.9. The first kappa shape index (κ1) is 21.5. The predicted octanol–water partition coefficient (Wildman–Crippen LogP) is 1.05. The Balaban J connectivity index is 0.000000260. The lowest BCUT2D eigenvalue weighted by atomic mass is 10.3. The SMILES string of the molecule is COc1cc(S(=O)(=O)O)ccc1N.COc1ccc(N)cc1S(=O)(=O)O. The Hall–Kier alpha value is -2.54. The van der Waals surface area contributed by atoms with Crippen molar-refractivity contribution >= 4 is 31.6 Å². The Kier molecular flexibility index (Phi) is 6.80. The number of rotatable bonds is 4. The summed E-state index contributed by atoms with van der Waals surface area (Å²) in [6.07, 6.45) is 0. The van der Waals surface area contributed by atoms with Crippen molar-refractivity contribution in [3.8, 4) is 11.5 Å². The summed E-state index contributed by atoms with van der Waals surface area (Å²) in [4.78, 5) is -0.562. The lowest BCUT2D eigenvalue weighted by Crippen LogP contribution is -2.02. The van der Waals surface area contributed by atoms with E-state index in [1.54, 1.807) is 0 Å². The highest BCUT2D eigenvalue weighted by atomic mass is 32.2.